The van der Waals surface area contributed by atoms with Crippen LogP contribution in [-0.4, -0.2) is 22.5 Å². The lowest BCUT2D eigenvalue weighted by molar-refractivity contribution is 0.102. The monoisotopic (exact) mass is 395 g/mol. The number of phenols is 1. The van der Waals surface area contributed by atoms with Crippen LogP contribution < -0.4 is 5.32 Å². The number of rotatable bonds is 3. The Hall–Kier alpha value is -1.11. The van der Waals surface area contributed by atoms with E-state index in [4.69, 9.17) is 0 Å². The van der Waals surface area contributed by atoms with Gasteiger partial charge in [-0.05, 0) is 35.9 Å². The van der Waals surface area contributed by atoms with Crippen molar-refractivity contribution in [3.63, 3.8) is 0 Å². The fraction of sp³-hybridized carbons (Fsp3) is 0.188. The fourth-order valence-corrected chi connectivity index (χ4v) is 5.40. The van der Waals surface area contributed by atoms with Crippen LogP contribution in [0.4, 0.5) is 5.69 Å². The Morgan fingerprint density at radius 1 is 1.18 bits per heavy atom. The first kappa shape index (κ1) is 15.8. The van der Waals surface area contributed by atoms with Crippen molar-refractivity contribution >= 4 is 51.0 Å². The molecular formula is C16H14BrNO2S2. The van der Waals surface area contributed by atoms with Crippen molar-refractivity contribution in [1.82, 2.24) is 0 Å². The van der Waals surface area contributed by atoms with E-state index in [1.54, 1.807) is 12.1 Å². The Kier molecular flexibility index (Phi) is 5.00. The summed E-state index contributed by atoms with van der Waals surface area (Å²) in [5, 5.41) is 12.7. The molecule has 3 rings (SSSR count). The molecule has 2 aromatic carbocycles. The molecule has 2 aromatic rings. The third-order valence-electron chi connectivity index (χ3n) is 3.24. The molecule has 2 N–H and O–H groups in total. The second kappa shape index (κ2) is 6.98. The van der Waals surface area contributed by atoms with Crippen molar-refractivity contribution in [2.45, 2.75) is 4.58 Å². The molecular weight excluding hydrogens is 382 g/mol. The molecule has 0 aliphatic carbocycles. The van der Waals surface area contributed by atoms with Gasteiger partial charge in [0.05, 0.1) is 10.1 Å². The van der Waals surface area contributed by atoms with E-state index in [0.29, 0.717) is 4.58 Å². The van der Waals surface area contributed by atoms with Crippen LogP contribution in [0.15, 0.2) is 46.9 Å². The first-order valence-corrected chi connectivity index (χ1v) is 9.65. The van der Waals surface area contributed by atoms with Crippen molar-refractivity contribution in [3.8, 4) is 5.75 Å². The van der Waals surface area contributed by atoms with Gasteiger partial charge in [-0.2, -0.15) is 0 Å². The van der Waals surface area contributed by atoms with Gasteiger partial charge in [-0.1, -0.05) is 28.1 Å². The summed E-state index contributed by atoms with van der Waals surface area (Å²) >= 11 is 7.17. The summed E-state index contributed by atoms with van der Waals surface area (Å²) in [6, 6.07) is 12.7. The maximum Gasteiger partial charge on any atom is 0.259 e. The number of hydrogen-bond donors (Lipinski definition) is 2. The van der Waals surface area contributed by atoms with Gasteiger partial charge in [-0.25, -0.2) is 0 Å². The highest BCUT2D eigenvalue weighted by atomic mass is 79.9. The van der Waals surface area contributed by atoms with Crippen LogP contribution in [0.3, 0.4) is 0 Å². The molecule has 1 amide bonds. The number of carbonyl (C=O) groups excluding carboxylic acids is 1. The van der Waals surface area contributed by atoms with Gasteiger partial charge in [-0.15, -0.1) is 23.5 Å². The predicted octanol–water partition coefficient (Wildman–Crippen LogP) is 4.89. The number of anilines is 1. The van der Waals surface area contributed by atoms with Gasteiger partial charge in [0.15, 0.2) is 0 Å². The quantitative estimate of drug-likeness (QED) is 0.776. The smallest absolute Gasteiger partial charge is 0.259 e. The molecule has 1 heterocycles. The first-order valence-electron chi connectivity index (χ1n) is 6.76. The Bertz CT molecular complexity index is 702. The van der Waals surface area contributed by atoms with E-state index in [0.717, 1.165) is 21.7 Å². The highest BCUT2D eigenvalue weighted by Crippen LogP contribution is 2.45. The lowest BCUT2D eigenvalue weighted by Gasteiger charge is -2.12. The highest BCUT2D eigenvalue weighted by Gasteiger charge is 2.19. The molecule has 3 nitrogen and oxygen atoms in total. The van der Waals surface area contributed by atoms with E-state index in [1.807, 2.05) is 41.7 Å². The number of aromatic hydroxyl groups is 1. The maximum atomic E-state index is 12.3. The molecule has 1 fully saturated rings. The predicted molar refractivity (Wildman–Crippen MR) is 97.9 cm³/mol. The number of nitrogens with one attached hydrogen (secondary N) is 1. The minimum absolute atomic E-state index is 0.0289. The third kappa shape index (κ3) is 3.62. The van der Waals surface area contributed by atoms with Crippen molar-refractivity contribution in [1.29, 1.82) is 0 Å². The van der Waals surface area contributed by atoms with E-state index in [2.05, 4.69) is 27.3 Å². The van der Waals surface area contributed by atoms with Crippen LogP contribution in [0, 0.1) is 0 Å². The summed E-state index contributed by atoms with van der Waals surface area (Å²) < 4.78 is 1.19. The molecule has 0 aromatic heterocycles. The zero-order valence-electron chi connectivity index (χ0n) is 11.6. The van der Waals surface area contributed by atoms with Crippen LogP contribution >= 0.6 is 39.5 Å². The van der Waals surface area contributed by atoms with Crippen LogP contribution in [0.25, 0.3) is 0 Å². The summed E-state index contributed by atoms with van der Waals surface area (Å²) in [7, 11) is 0. The number of thioether (sulfide) groups is 2. The third-order valence-corrected chi connectivity index (χ3v) is 6.84. The topological polar surface area (TPSA) is 49.3 Å². The normalized spacial score (nSPS) is 15.0. The Morgan fingerprint density at radius 2 is 1.95 bits per heavy atom. The summed E-state index contributed by atoms with van der Waals surface area (Å²) in [5.41, 5.74) is 2.21. The number of hydrogen-bond acceptors (Lipinski definition) is 4. The van der Waals surface area contributed by atoms with Gasteiger partial charge in [0, 0.05) is 21.7 Å². The molecule has 1 aliphatic rings. The molecule has 114 valence electrons. The number of phenolic OH excluding ortho intramolecular Hbond substituents is 1. The van der Waals surface area contributed by atoms with Gasteiger partial charge in [0.25, 0.3) is 5.91 Å². The van der Waals surface area contributed by atoms with Crippen molar-refractivity contribution in [2.24, 2.45) is 0 Å². The molecule has 1 aliphatic heterocycles. The van der Waals surface area contributed by atoms with E-state index in [9.17, 15) is 9.90 Å². The summed E-state index contributed by atoms with van der Waals surface area (Å²) in [6.45, 7) is 0. The zero-order chi connectivity index (χ0) is 15.5. The van der Waals surface area contributed by atoms with Gasteiger partial charge in [0.2, 0.25) is 0 Å². The van der Waals surface area contributed by atoms with E-state index in [-0.39, 0.29) is 17.2 Å². The molecule has 0 bridgehead atoms. The number of halogens is 1. The molecule has 0 atom stereocenters. The lowest BCUT2D eigenvalue weighted by atomic mass is 10.1. The fourth-order valence-electron chi connectivity index (χ4n) is 2.20. The number of carbonyl (C=O) groups is 1. The van der Waals surface area contributed by atoms with E-state index < -0.39 is 0 Å². The Labute approximate surface area is 146 Å². The average molecular weight is 396 g/mol. The van der Waals surface area contributed by atoms with Crippen molar-refractivity contribution in [3.05, 3.63) is 58.1 Å². The first-order chi connectivity index (χ1) is 10.6. The van der Waals surface area contributed by atoms with Crippen LogP contribution in [0.2, 0.25) is 0 Å². The molecule has 1 saturated heterocycles. The summed E-state index contributed by atoms with van der Waals surface area (Å²) in [6.07, 6.45) is 0. The van der Waals surface area contributed by atoms with Crippen molar-refractivity contribution < 1.29 is 9.90 Å². The second-order valence-electron chi connectivity index (χ2n) is 4.81. The largest absolute Gasteiger partial charge is 0.507 e. The van der Waals surface area contributed by atoms with Gasteiger partial charge >= 0.3 is 0 Å². The SMILES string of the molecule is O=C(Nc1cccc(C2SCCS2)c1)c1cc(Br)ccc1O. The van der Waals surface area contributed by atoms with Crippen molar-refractivity contribution in [2.75, 3.05) is 16.8 Å². The number of amides is 1. The van der Waals surface area contributed by atoms with Crippen LogP contribution in [0.1, 0.15) is 20.5 Å². The molecule has 0 unspecified atom stereocenters. The van der Waals surface area contributed by atoms with Crippen LogP contribution in [0.5, 0.6) is 5.75 Å². The maximum absolute atomic E-state index is 12.3. The Morgan fingerprint density at radius 3 is 2.73 bits per heavy atom. The van der Waals surface area contributed by atoms with E-state index in [1.165, 1.54) is 11.6 Å². The van der Waals surface area contributed by atoms with Gasteiger partial charge < -0.3 is 10.4 Å². The zero-order valence-corrected chi connectivity index (χ0v) is 14.8. The van der Waals surface area contributed by atoms with E-state index >= 15 is 0 Å². The number of benzene rings is 2. The molecule has 0 spiro atoms. The highest BCUT2D eigenvalue weighted by molar-refractivity contribution is 9.10. The molecule has 22 heavy (non-hydrogen) atoms. The minimum atomic E-state index is -0.317. The molecule has 6 heteroatoms. The summed E-state index contributed by atoms with van der Waals surface area (Å²) in [5.74, 6) is 1.98. The second-order valence-corrected chi connectivity index (χ2v) is 8.45. The lowest BCUT2D eigenvalue weighted by Crippen LogP contribution is -2.12. The minimum Gasteiger partial charge on any atom is -0.507 e. The van der Waals surface area contributed by atoms with Gasteiger partial charge in [0.1, 0.15) is 5.75 Å². The Balaban J connectivity index is 1.79. The molecule has 0 saturated carbocycles. The summed E-state index contributed by atoms with van der Waals surface area (Å²) in [4.78, 5) is 12.3. The molecule has 0 radical (unpaired) electrons. The standard InChI is InChI=1S/C16H14BrNO2S2/c17-11-4-5-14(19)13(9-11)15(20)18-12-3-1-2-10(8-12)16-21-6-7-22-16/h1-5,8-9,16,19H,6-7H2,(H,18,20). The average Bonchev–Trinajstić information content (AvgIpc) is 3.04. The van der Waals surface area contributed by atoms with Gasteiger partial charge in [-0.3, -0.25) is 4.79 Å². The van der Waals surface area contributed by atoms with Crippen LogP contribution in [-0.2, 0) is 0 Å².